The van der Waals surface area contributed by atoms with Crippen LogP contribution in [0.3, 0.4) is 0 Å². The fourth-order valence-corrected chi connectivity index (χ4v) is 11.7. The van der Waals surface area contributed by atoms with Gasteiger partial charge in [0.1, 0.15) is 13.2 Å². The molecule has 0 N–H and O–H groups in total. The van der Waals surface area contributed by atoms with Gasteiger partial charge in [-0.15, -0.1) is 0 Å². The number of likely N-dealkylation sites (N-methyl/N-ethyl adjacent to an activating group) is 1. The van der Waals surface area contributed by atoms with E-state index in [0.29, 0.717) is 23.9 Å². The maximum atomic E-state index is 13.0. The summed E-state index contributed by atoms with van der Waals surface area (Å²) in [6.07, 6.45) is 102. The first-order valence-electron chi connectivity index (χ1n) is 40.4. The van der Waals surface area contributed by atoms with Crippen LogP contribution >= 0.6 is 0 Å². The number of carbonyl (C=O) groups is 3. The van der Waals surface area contributed by atoms with E-state index in [9.17, 15) is 19.5 Å². The number of carbonyl (C=O) groups excluding carboxylic acids is 3. The van der Waals surface area contributed by atoms with E-state index in [0.717, 1.165) is 77.0 Å². The van der Waals surface area contributed by atoms with Crippen molar-refractivity contribution in [1.82, 2.24) is 0 Å². The summed E-state index contributed by atoms with van der Waals surface area (Å²) in [5.41, 5.74) is 0. The topological polar surface area (TPSA) is 111 Å². The molecule has 0 radical (unpaired) electrons. The normalized spacial score (nSPS) is 13.1. The van der Waals surface area contributed by atoms with E-state index >= 15 is 0 Å². The molecule has 0 aliphatic rings. The van der Waals surface area contributed by atoms with Gasteiger partial charge in [-0.1, -0.05) is 361 Å². The first-order chi connectivity index (χ1) is 46.6. The van der Waals surface area contributed by atoms with E-state index < -0.39 is 24.3 Å². The highest BCUT2D eigenvalue weighted by molar-refractivity contribution is 5.70. The van der Waals surface area contributed by atoms with Crippen LogP contribution in [0.25, 0.3) is 0 Å². The van der Waals surface area contributed by atoms with Crippen LogP contribution in [-0.2, 0) is 33.3 Å². The van der Waals surface area contributed by atoms with Crippen LogP contribution in [-0.4, -0.2) is 82.3 Å². The Bertz CT molecular complexity index is 1890. The Balaban J connectivity index is 3.99. The van der Waals surface area contributed by atoms with Crippen molar-refractivity contribution in [3.63, 3.8) is 0 Å². The Labute approximate surface area is 588 Å². The van der Waals surface area contributed by atoms with Gasteiger partial charge in [-0.3, -0.25) is 9.59 Å². The van der Waals surface area contributed by atoms with Gasteiger partial charge in [0.15, 0.2) is 12.4 Å². The van der Waals surface area contributed by atoms with Crippen molar-refractivity contribution in [3.05, 3.63) is 97.2 Å². The summed E-state index contributed by atoms with van der Waals surface area (Å²) in [4.78, 5) is 37.6. The molecule has 0 aromatic heterocycles. The molecule has 0 amide bonds. The third-order valence-corrected chi connectivity index (χ3v) is 17.8. The van der Waals surface area contributed by atoms with Gasteiger partial charge in [0.2, 0.25) is 0 Å². The van der Waals surface area contributed by atoms with Crippen LogP contribution in [0.5, 0.6) is 0 Å². The molecule has 95 heavy (non-hydrogen) atoms. The lowest BCUT2D eigenvalue weighted by atomic mass is 10.0. The number of hydrogen-bond acceptors (Lipinski definition) is 8. The largest absolute Gasteiger partial charge is 0.545 e. The minimum Gasteiger partial charge on any atom is -0.545 e. The molecule has 0 aromatic rings. The van der Waals surface area contributed by atoms with Gasteiger partial charge in [0, 0.05) is 12.8 Å². The Kier molecular flexibility index (Phi) is 72.9. The molecule has 0 aromatic carbocycles. The molecule has 9 heteroatoms. The average Bonchev–Trinajstić information content (AvgIpc) is 3.75. The number of allylic oxidation sites excluding steroid dienone is 16. The fourth-order valence-electron chi connectivity index (χ4n) is 11.7. The quantitative estimate of drug-likeness (QED) is 0.0195. The third kappa shape index (κ3) is 77.4. The van der Waals surface area contributed by atoms with E-state index in [1.165, 1.54) is 263 Å². The van der Waals surface area contributed by atoms with Crippen LogP contribution in [0, 0.1) is 0 Å². The Morgan fingerprint density at radius 3 is 0.895 bits per heavy atom. The molecular formula is C86H153NO8. The molecule has 550 valence electrons. The van der Waals surface area contributed by atoms with E-state index in [4.69, 9.17) is 18.9 Å². The highest BCUT2D eigenvalue weighted by atomic mass is 16.7. The summed E-state index contributed by atoms with van der Waals surface area (Å²) in [6, 6.07) is 0. The van der Waals surface area contributed by atoms with Crippen molar-refractivity contribution in [1.29, 1.82) is 0 Å². The smallest absolute Gasteiger partial charge is 0.306 e. The molecule has 0 fully saturated rings. The summed E-state index contributed by atoms with van der Waals surface area (Å²) in [5, 5.41) is 11.9. The first-order valence-corrected chi connectivity index (χ1v) is 40.4. The molecule has 0 bridgehead atoms. The van der Waals surface area contributed by atoms with Gasteiger partial charge >= 0.3 is 11.9 Å². The molecule has 0 heterocycles. The number of hydrogen-bond donors (Lipinski definition) is 0. The third-order valence-electron chi connectivity index (χ3n) is 17.8. The minimum atomic E-state index is -1.62. The lowest BCUT2D eigenvalue weighted by Gasteiger charge is -2.26. The van der Waals surface area contributed by atoms with Crippen LogP contribution in [0.1, 0.15) is 373 Å². The SMILES string of the molecule is CC/C=C\C/C=C\C/C=C\C/C=C\C/C=C\CCCCCCCCCCCCCCCCCCCCCCCC(=O)OC(COC(=O)CCCCCCCCCCCCCCCCCCCC/C=C\C/C=C\C/C=C\CCCCCCC)COC(OCC[N+](C)(C)C)C(=O)[O-]. The average molecular weight is 1330 g/mol. The summed E-state index contributed by atoms with van der Waals surface area (Å²) < 4.78 is 22.9. The Morgan fingerprint density at radius 2 is 0.600 bits per heavy atom. The molecule has 0 aliphatic carbocycles. The summed E-state index contributed by atoms with van der Waals surface area (Å²) in [6.45, 7) is 4.67. The number of carboxylic acid groups (broad SMARTS) is 1. The number of carboxylic acids is 1. The predicted molar refractivity (Wildman–Crippen MR) is 407 cm³/mol. The van der Waals surface area contributed by atoms with Crippen molar-refractivity contribution < 1.29 is 42.9 Å². The maximum Gasteiger partial charge on any atom is 0.306 e. The molecule has 9 nitrogen and oxygen atoms in total. The molecule has 2 atom stereocenters. The molecule has 0 rings (SSSR count). The summed E-state index contributed by atoms with van der Waals surface area (Å²) in [5.74, 6) is -2.26. The summed E-state index contributed by atoms with van der Waals surface area (Å²) in [7, 11) is 5.95. The predicted octanol–water partition coefficient (Wildman–Crippen LogP) is 24.6. The number of esters is 2. The van der Waals surface area contributed by atoms with Crippen LogP contribution in [0.15, 0.2) is 97.2 Å². The van der Waals surface area contributed by atoms with Gasteiger partial charge < -0.3 is 33.3 Å². The lowest BCUT2D eigenvalue weighted by Crippen LogP contribution is -2.44. The Hall–Kier alpha value is -3.79. The monoisotopic (exact) mass is 1330 g/mol. The van der Waals surface area contributed by atoms with Crippen molar-refractivity contribution >= 4 is 17.9 Å². The summed E-state index contributed by atoms with van der Waals surface area (Å²) >= 11 is 0. The van der Waals surface area contributed by atoms with E-state index in [1.807, 2.05) is 21.1 Å². The second-order valence-corrected chi connectivity index (χ2v) is 28.3. The minimum absolute atomic E-state index is 0.148. The highest BCUT2D eigenvalue weighted by Gasteiger charge is 2.22. The second kappa shape index (κ2) is 76.0. The molecule has 0 saturated heterocycles. The zero-order valence-electron chi connectivity index (χ0n) is 63.0. The van der Waals surface area contributed by atoms with E-state index in [-0.39, 0.29) is 32.2 Å². The number of quaternary nitrogens is 1. The van der Waals surface area contributed by atoms with Gasteiger partial charge in [-0.25, -0.2) is 0 Å². The standard InChI is InChI=1S/C86H153NO8/c1-6-8-10-12-14-16-18-20-22-24-26-28-30-32-34-36-38-40-41-42-43-45-47-49-51-53-55-57-59-61-63-65-67-69-71-73-75-77-84(89)95-82(81-94-86(85(90)91)92-79-78-87(3,4)5)80-93-83(88)76-74-72-70-68-66-64-62-60-58-56-54-52-50-48-46-44-39-37-35-33-31-29-27-25-23-21-19-17-15-13-11-9-7-2/h8,10,14,16,19-22,25-28,31-34,82,86H,6-7,9,11-13,15,17-18,23-24,29-30,35-81H2,1-5H3/b10-8-,16-14-,21-19-,22-20-,27-25-,28-26-,33-31-,34-32-. The molecule has 0 spiro atoms. The molecule has 2 unspecified atom stereocenters. The number of nitrogens with zero attached hydrogens (tertiary/aromatic N) is 1. The van der Waals surface area contributed by atoms with Crippen molar-refractivity contribution in [2.75, 3.05) is 47.5 Å². The van der Waals surface area contributed by atoms with Gasteiger partial charge in [0.25, 0.3) is 0 Å². The zero-order valence-corrected chi connectivity index (χ0v) is 63.0. The highest BCUT2D eigenvalue weighted by Crippen LogP contribution is 2.19. The van der Waals surface area contributed by atoms with Crippen molar-refractivity contribution in [2.45, 2.75) is 386 Å². The maximum absolute atomic E-state index is 13.0. The van der Waals surface area contributed by atoms with Gasteiger partial charge in [-0.05, 0) is 96.3 Å². The van der Waals surface area contributed by atoms with E-state index in [1.54, 1.807) is 0 Å². The van der Waals surface area contributed by atoms with Gasteiger partial charge in [-0.2, -0.15) is 0 Å². The number of aliphatic carboxylic acids is 1. The fraction of sp³-hybridized carbons (Fsp3) is 0.779. The van der Waals surface area contributed by atoms with Gasteiger partial charge in [0.05, 0.1) is 40.3 Å². The van der Waals surface area contributed by atoms with Crippen LogP contribution < -0.4 is 5.11 Å². The zero-order chi connectivity index (χ0) is 69.0. The lowest BCUT2D eigenvalue weighted by molar-refractivity contribution is -0.870. The first kappa shape index (κ1) is 91.2. The van der Waals surface area contributed by atoms with Crippen molar-refractivity contribution in [3.8, 4) is 0 Å². The van der Waals surface area contributed by atoms with Crippen molar-refractivity contribution in [2.24, 2.45) is 0 Å². The van der Waals surface area contributed by atoms with Crippen LogP contribution in [0.4, 0.5) is 0 Å². The number of ether oxygens (including phenoxy) is 4. The molecule has 0 saturated carbocycles. The second-order valence-electron chi connectivity index (χ2n) is 28.3. The van der Waals surface area contributed by atoms with E-state index in [2.05, 4.69) is 111 Å². The molecule has 0 aliphatic heterocycles. The Morgan fingerprint density at radius 1 is 0.326 bits per heavy atom. The number of unbranched alkanes of at least 4 members (excludes halogenated alkanes) is 44. The van der Waals surface area contributed by atoms with Crippen LogP contribution in [0.2, 0.25) is 0 Å². The number of rotatable bonds is 75. The molecular weight excluding hydrogens is 1170 g/mol.